The van der Waals surface area contributed by atoms with Gasteiger partial charge in [-0.25, -0.2) is 4.98 Å². The first-order valence-electron chi connectivity index (χ1n) is 12.1. The summed E-state index contributed by atoms with van der Waals surface area (Å²) in [6.07, 6.45) is 9.51. The highest BCUT2D eigenvalue weighted by molar-refractivity contribution is 6.30. The van der Waals surface area contributed by atoms with Gasteiger partial charge in [0.1, 0.15) is 17.9 Å². The van der Waals surface area contributed by atoms with E-state index in [1.165, 1.54) is 6.92 Å². The van der Waals surface area contributed by atoms with Gasteiger partial charge in [-0.15, -0.1) is 0 Å². The van der Waals surface area contributed by atoms with Gasteiger partial charge in [-0.1, -0.05) is 54.9 Å². The van der Waals surface area contributed by atoms with Crippen molar-refractivity contribution in [1.29, 1.82) is 0 Å². The summed E-state index contributed by atoms with van der Waals surface area (Å²) in [6.45, 7) is 6.23. The van der Waals surface area contributed by atoms with Gasteiger partial charge in [-0.3, -0.25) is 9.59 Å². The minimum Gasteiger partial charge on any atom is -0.388 e. The van der Waals surface area contributed by atoms with Gasteiger partial charge in [0.05, 0.1) is 12.3 Å². The average molecular weight is 523 g/mol. The van der Waals surface area contributed by atoms with Gasteiger partial charge in [0, 0.05) is 17.5 Å². The number of imidazole rings is 1. The summed E-state index contributed by atoms with van der Waals surface area (Å²) < 4.78 is 0. The number of benzene rings is 2. The first kappa shape index (κ1) is 29.7. The lowest BCUT2D eigenvalue weighted by Crippen LogP contribution is -2.11. The molecule has 0 aliphatic rings. The Morgan fingerprint density at radius 2 is 1.95 bits per heavy atom. The highest BCUT2D eigenvalue weighted by atomic mass is 35.5. The number of carbonyl (C=O) groups excluding carboxylic acids is 2. The van der Waals surface area contributed by atoms with Crippen molar-refractivity contribution in [1.82, 2.24) is 15.3 Å². The molecule has 0 aliphatic heterocycles. The number of carbonyl (C=O) groups is 2. The topological polar surface area (TPSA) is 107 Å². The molecule has 0 saturated carbocycles. The second-order valence-electron chi connectivity index (χ2n) is 8.41. The van der Waals surface area contributed by atoms with Crippen LogP contribution in [0.3, 0.4) is 0 Å². The number of aliphatic hydroxyl groups excluding tert-OH is 1. The molecule has 1 heterocycles. The largest absolute Gasteiger partial charge is 0.388 e. The normalized spacial score (nSPS) is 12.1. The van der Waals surface area contributed by atoms with Crippen molar-refractivity contribution in [2.75, 3.05) is 18.9 Å². The zero-order valence-electron chi connectivity index (χ0n) is 21.7. The number of aromatic amines is 1. The summed E-state index contributed by atoms with van der Waals surface area (Å²) in [5.74, 6) is 1.05. The second kappa shape index (κ2) is 15.6. The van der Waals surface area contributed by atoms with E-state index in [4.69, 9.17) is 11.6 Å². The van der Waals surface area contributed by atoms with Crippen molar-refractivity contribution in [3.05, 3.63) is 93.9 Å². The van der Waals surface area contributed by atoms with Gasteiger partial charge in [0.2, 0.25) is 5.91 Å². The fourth-order valence-corrected chi connectivity index (χ4v) is 3.55. The zero-order valence-corrected chi connectivity index (χ0v) is 22.5. The van der Waals surface area contributed by atoms with Crippen LogP contribution in [0.15, 0.2) is 60.8 Å². The molecular weight excluding hydrogens is 488 g/mol. The van der Waals surface area contributed by atoms with Crippen LogP contribution in [-0.4, -0.2) is 40.9 Å². The Morgan fingerprint density at radius 1 is 1.22 bits per heavy atom. The standard InChI is InChI=1S/C19H21N3O2.C10H14ClNO/c1-4-5-15(16-7-6-13(2)17(10-16)12-23)8-9-18-20-11-19(22-18)21-14(3)24;1-12-7-6-10(13)8-2-4-9(11)5-3-8/h5-12H,4H2,1-3H3,(H,20,22)(H,21,24);2-5,10,12-13H,6-7H2,1H3/b9-8-,15-5-;. The van der Waals surface area contributed by atoms with E-state index in [2.05, 4.69) is 33.6 Å². The van der Waals surface area contributed by atoms with Gasteiger partial charge in [0.25, 0.3) is 0 Å². The number of amides is 1. The number of aromatic nitrogens is 2. The smallest absolute Gasteiger partial charge is 0.222 e. The lowest BCUT2D eigenvalue weighted by molar-refractivity contribution is -0.114. The molecule has 2 aromatic carbocycles. The van der Waals surface area contributed by atoms with Crippen molar-refractivity contribution in [3.8, 4) is 0 Å². The highest BCUT2D eigenvalue weighted by Gasteiger charge is 2.06. The summed E-state index contributed by atoms with van der Waals surface area (Å²) in [6, 6.07) is 13.1. The molecule has 1 atom stereocenters. The number of H-pyrrole nitrogens is 1. The molecule has 0 aliphatic carbocycles. The van der Waals surface area contributed by atoms with Crippen LogP contribution in [0, 0.1) is 6.92 Å². The van der Waals surface area contributed by atoms with Crippen molar-refractivity contribution in [3.63, 3.8) is 0 Å². The van der Waals surface area contributed by atoms with Gasteiger partial charge in [-0.05, 0) is 79.9 Å². The van der Waals surface area contributed by atoms with E-state index >= 15 is 0 Å². The number of allylic oxidation sites excluding steroid dienone is 3. The zero-order chi connectivity index (χ0) is 27.2. The fraction of sp³-hybridized carbons (Fsp3) is 0.276. The predicted molar refractivity (Wildman–Crippen MR) is 152 cm³/mol. The lowest BCUT2D eigenvalue weighted by Gasteiger charge is -2.10. The number of aldehydes is 1. The third kappa shape index (κ3) is 10.2. The van der Waals surface area contributed by atoms with Crippen molar-refractivity contribution in [2.24, 2.45) is 0 Å². The van der Waals surface area contributed by atoms with Crippen LogP contribution in [0.4, 0.5) is 5.82 Å². The Bertz CT molecular complexity index is 1220. The molecule has 37 heavy (non-hydrogen) atoms. The van der Waals surface area contributed by atoms with E-state index in [1.54, 1.807) is 18.3 Å². The minimum atomic E-state index is -0.398. The van der Waals surface area contributed by atoms with Crippen molar-refractivity contribution >= 4 is 41.3 Å². The number of aliphatic hydroxyl groups is 1. The van der Waals surface area contributed by atoms with Crippen LogP contribution in [0.1, 0.15) is 65.7 Å². The minimum absolute atomic E-state index is 0.151. The van der Waals surface area contributed by atoms with Crippen molar-refractivity contribution in [2.45, 2.75) is 39.7 Å². The van der Waals surface area contributed by atoms with Gasteiger partial charge in [-0.2, -0.15) is 0 Å². The van der Waals surface area contributed by atoms with Crippen LogP contribution in [-0.2, 0) is 4.79 Å². The van der Waals surface area contributed by atoms with E-state index in [0.29, 0.717) is 22.2 Å². The lowest BCUT2D eigenvalue weighted by atomic mass is 9.99. The molecule has 7 nitrogen and oxygen atoms in total. The molecule has 0 saturated heterocycles. The average Bonchev–Trinajstić information content (AvgIpc) is 3.32. The molecule has 0 bridgehead atoms. The predicted octanol–water partition coefficient (Wildman–Crippen LogP) is 5.98. The molecule has 1 unspecified atom stereocenters. The number of hydrogen-bond donors (Lipinski definition) is 4. The number of nitrogens with zero attached hydrogens (tertiary/aromatic N) is 1. The highest BCUT2D eigenvalue weighted by Crippen LogP contribution is 2.21. The maximum Gasteiger partial charge on any atom is 0.222 e. The van der Waals surface area contributed by atoms with Gasteiger partial charge >= 0.3 is 0 Å². The Hall–Kier alpha value is -3.52. The Kier molecular flexibility index (Phi) is 12.5. The molecule has 1 aromatic heterocycles. The molecule has 0 radical (unpaired) electrons. The van der Waals surface area contributed by atoms with Crippen LogP contribution >= 0.6 is 11.6 Å². The van der Waals surface area contributed by atoms with E-state index in [1.807, 2.05) is 56.5 Å². The first-order valence-corrected chi connectivity index (χ1v) is 12.5. The summed E-state index contributed by atoms with van der Waals surface area (Å²) in [4.78, 5) is 29.4. The Morgan fingerprint density at radius 3 is 2.57 bits per heavy atom. The van der Waals surface area contributed by atoms with Gasteiger partial charge in [0.15, 0.2) is 0 Å². The van der Waals surface area contributed by atoms with Crippen LogP contribution < -0.4 is 10.6 Å². The Balaban J connectivity index is 0.000000312. The summed E-state index contributed by atoms with van der Waals surface area (Å²) >= 11 is 5.73. The van der Waals surface area contributed by atoms with E-state index < -0.39 is 6.10 Å². The monoisotopic (exact) mass is 522 g/mol. The maximum absolute atomic E-state index is 11.1. The summed E-state index contributed by atoms with van der Waals surface area (Å²) in [5, 5.41) is 16.0. The Labute approximate surface area is 223 Å². The fourth-order valence-electron chi connectivity index (χ4n) is 3.42. The third-order valence-electron chi connectivity index (χ3n) is 5.41. The second-order valence-corrected chi connectivity index (χ2v) is 8.85. The van der Waals surface area contributed by atoms with Crippen LogP contribution in [0.2, 0.25) is 5.02 Å². The van der Waals surface area contributed by atoms with E-state index in [-0.39, 0.29) is 5.91 Å². The summed E-state index contributed by atoms with van der Waals surface area (Å²) in [5.41, 5.74) is 4.56. The number of aryl methyl sites for hydroxylation is 1. The molecule has 8 heteroatoms. The first-order chi connectivity index (χ1) is 17.8. The summed E-state index contributed by atoms with van der Waals surface area (Å²) in [7, 11) is 1.87. The van der Waals surface area contributed by atoms with E-state index in [9.17, 15) is 14.7 Å². The van der Waals surface area contributed by atoms with Gasteiger partial charge < -0.3 is 20.7 Å². The number of rotatable bonds is 10. The van der Waals surface area contributed by atoms with E-state index in [0.717, 1.165) is 47.9 Å². The number of hydrogen-bond acceptors (Lipinski definition) is 5. The van der Waals surface area contributed by atoms with Crippen molar-refractivity contribution < 1.29 is 14.7 Å². The third-order valence-corrected chi connectivity index (χ3v) is 5.67. The van der Waals surface area contributed by atoms with Crippen LogP contribution in [0.25, 0.3) is 11.6 Å². The number of anilines is 1. The quantitative estimate of drug-likeness (QED) is 0.193. The molecule has 1 amide bonds. The molecule has 0 spiro atoms. The maximum atomic E-state index is 11.1. The molecular formula is C29H35ClN4O3. The molecule has 3 aromatic rings. The molecule has 196 valence electrons. The SMILES string of the molecule is CC/C=C(/C=C\c1ncc(NC(C)=O)[nH]1)c1ccc(C)c(C=O)c1.CNCCC(O)c1ccc(Cl)cc1. The molecule has 4 N–H and O–H groups in total. The number of halogens is 1. The molecule has 3 rings (SSSR count). The molecule has 0 fully saturated rings. The number of nitrogens with one attached hydrogen (secondary N) is 3. The van der Waals surface area contributed by atoms with Crippen LogP contribution in [0.5, 0.6) is 0 Å².